The van der Waals surface area contributed by atoms with Crippen LogP contribution in [0.1, 0.15) is 24.0 Å². The van der Waals surface area contributed by atoms with E-state index in [2.05, 4.69) is 6.58 Å². The van der Waals surface area contributed by atoms with E-state index in [0.29, 0.717) is 24.3 Å². The predicted octanol–water partition coefficient (Wildman–Crippen LogP) is 3.11. The Hall–Kier alpha value is -3.78. The van der Waals surface area contributed by atoms with Gasteiger partial charge in [0.2, 0.25) is 0 Å². The maximum Gasteiger partial charge on any atom is 0.296 e. The molecule has 1 spiro atoms. The zero-order valence-electron chi connectivity index (χ0n) is 18.4. The van der Waals surface area contributed by atoms with Crippen LogP contribution in [0.25, 0.3) is 5.76 Å². The molecule has 0 bridgehead atoms. The Balaban J connectivity index is 1.79. The second-order valence-electron chi connectivity index (χ2n) is 8.54. The lowest BCUT2D eigenvalue weighted by molar-refractivity contribution is -0.145. The number of anilines is 1. The number of hydrogen-bond donors (Lipinski definition) is 1. The fourth-order valence-corrected chi connectivity index (χ4v) is 5.17. The Labute approximate surface area is 195 Å². The number of carbonyl (C=O) groups is 3. The third-order valence-corrected chi connectivity index (χ3v) is 6.65. The second-order valence-corrected chi connectivity index (χ2v) is 8.54. The van der Waals surface area contributed by atoms with Crippen molar-refractivity contribution in [2.45, 2.75) is 24.5 Å². The molecule has 2 fully saturated rings. The van der Waals surface area contributed by atoms with Crippen molar-refractivity contribution in [2.75, 3.05) is 24.6 Å². The highest BCUT2D eigenvalue weighted by Gasteiger charge is 2.67. The van der Waals surface area contributed by atoms with Gasteiger partial charge in [-0.15, -0.1) is 6.58 Å². The molecule has 2 amide bonds. The quantitative estimate of drug-likeness (QED) is 0.319. The number of rotatable bonds is 5. The van der Waals surface area contributed by atoms with Gasteiger partial charge in [-0.25, -0.2) is 4.39 Å². The molecule has 34 heavy (non-hydrogen) atoms. The largest absolute Gasteiger partial charge is 0.507 e. The van der Waals surface area contributed by atoms with Crippen LogP contribution in [0.4, 0.5) is 10.1 Å². The first-order valence-corrected chi connectivity index (χ1v) is 11.1. The second kappa shape index (κ2) is 8.22. The van der Waals surface area contributed by atoms with Crippen molar-refractivity contribution in [3.05, 3.63) is 83.7 Å². The minimum Gasteiger partial charge on any atom is -0.507 e. The van der Waals surface area contributed by atoms with Crippen LogP contribution in [0.3, 0.4) is 0 Å². The van der Waals surface area contributed by atoms with Crippen molar-refractivity contribution in [1.82, 2.24) is 4.90 Å². The molecule has 2 aromatic rings. The van der Waals surface area contributed by atoms with E-state index in [-0.39, 0.29) is 30.3 Å². The van der Waals surface area contributed by atoms with Gasteiger partial charge < -0.3 is 19.6 Å². The van der Waals surface area contributed by atoms with Crippen LogP contribution in [0.2, 0.25) is 0 Å². The third-order valence-electron chi connectivity index (χ3n) is 6.65. The van der Waals surface area contributed by atoms with Crippen LogP contribution in [0, 0.1) is 5.82 Å². The molecule has 2 saturated heterocycles. The highest BCUT2D eigenvalue weighted by atomic mass is 19.1. The molecular formula is C26H23FN2O5. The number of nitrogens with zero attached hydrogens (tertiary/aromatic N) is 2. The van der Waals surface area contributed by atoms with Gasteiger partial charge in [-0.3, -0.25) is 14.4 Å². The minimum atomic E-state index is -1.86. The van der Waals surface area contributed by atoms with Crippen LogP contribution >= 0.6 is 0 Å². The summed E-state index contributed by atoms with van der Waals surface area (Å²) in [5.74, 6) is -3.44. The summed E-state index contributed by atoms with van der Waals surface area (Å²) in [7, 11) is 0. The lowest BCUT2D eigenvalue weighted by atomic mass is 9.81. The summed E-state index contributed by atoms with van der Waals surface area (Å²) in [6, 6.07) is 11.8. The molecule has 2 unspecified atom stereocenters. The standard InChI is InChI=1S/C26H23FN2O5/c1-2-13-28-20-8-4-3-7-19(20)26(25(28)33)21(22(30)16-9-11-17(27)12-10-16)23(31)24(32)29(26)15-18-6-5-14-34-18/h2-4,7-12,18,30H,1,5-6,13-15H2/b22-21-. The molecular weight excluding hydrogens is 439 g/mol. The van der Waals surface area contributed by atoms with Crippen molar-refractivity contribution < 1.29 is 28.6 Å². The lowest BCUT2D eigenvalue weighted by Gasteiger charge is -2.35. The number of para-hydroxylation sites is 1. The molecule has 7 nitrogen and oxygen atoms in total. The van der Waals surface area contributed by atoms with E-state index in [1.807, 2.05) is 0 Å². The normalized spacial score (nSPS) is 25.4. The summed E-state index contributed by atoms with van der Waals surface area (Å²) in [4.78, 5) is 43.7. The van der Waals surface area contributed by atoms with E-state index in [0.717, 1.165) is 18.6 Å². The smallest absolute Gasteiger partial charge is 0.296 e. The zero-order valence-corrected chi connectivity index (χ0v) is 18.4. The fourth-order valence-electron chi connectivity index (χ4n) is 5.17. The molecule has 174 valence electrons. The topological polar surface area (TPSA) is 87.2 Å². The summed E-state index contributed by atoms with van der Waals surface area (Å²) in [6.45, 7) is 4.43. The minimum absolute atomic E-state index is 0.0206. The fraction of sp³-hybridized carbons (Fsp3) is 0.269. The number of Topliss-reactive ketones (excluding diaryl/α,β-unsaturated/α-hetero) is 1. The molecule has 3 heterocycles. The van der Waals surface area contributed by atoms with Crippen molar-refractivity contribution in [3.63, 3.8) is 0 Å². The van der Waals surface area contributed by atoms with E-state index in [1.165, 1.54) is 21.9 Å². The molecule has 0 saturated carbocycles. The van der Waals surface area contributed by atoms with Crippen LogP contribution < -0.4 is 4.90 Å². The first-order valence-electron chi connectivity index (χ1n) is 11.1. The Morgan fingerprint density at radius 1 is 1.18 bits per heavy atom. The van der Waals surface area contributed by atoms with Gasteiger partial charge in [-0.05, 0) is 43.2 Å². The van der Waals surface area contributed by atoms with Gasteiger partial charge in [0.25, 0.3) is 17.6 Å². The van der Waals surface area contributed by atoms with E-state index in [4.69, 9.17) is 4.74 Å². The summed E-state index contributed by atoms with van der Waals surface area (Å²) in [5, 5.41) is 11.3. The van der Waals surface area contributed by atoms with E-state index >= 15 is 0 Å². The van der Waals surface area contributed by atoms with Gasteiger partial charge in [0.1, 0.15) is 11.6 Å². The highest BCUT2D eigenvalue weighted by molar-refractivity contribution is 6.50. The molecule has 0 radical (unpaired) electrons. The number of amides is 2. The molecule has 5 rings (SSSR count). The number of likely N-dealkylation sites (tertiary alicyclic amines) is 1. The number of hydrogen-bond acceptors (Lipinski definition) is 5. The molecule has 2 atom stereocenters. The summed E-state index contributed by atoms with van der Waals surface area (Å²) >= 11 is 0. The van der Waals surface area contributed by atoms with Gasteiger partial charge in [0.05, 0.1) is 17.4 Å². The first kappa shape index (κ1) is 22.0. The third kappa shape index (κ3) is 3.02. The molecule has 8 heteroatoms. The van der Waals surface area contributed by atoms with Crippen molar-refractivity contribution in [3.8, 4) is 0 Å². The van der Waals surface area contributed by atoms with E-state index < -0.39 is 34.7 Å². The SMILES string of the molecule is C=CCN1C(=O)C2(/C(=C(\O)c3ccc(F)cc3)C(=O)C(=O)N2CC2CCCO2)c2ccccc21. The van der Waals surface area contributed by atoms with Gasteiger partial charge >= 0.3 is 0 Å². The predicted molar refractivity (Wildman–Crippen MR) is 122 cm³/mol. The number of aliphatic hydroxyl groups is 1. The van der Waals surface area contributed by atoms with Crippen molar-refractivity contribution >= 4 is 29.0 Å². The van der Waals surface area contributed by atoms with Crippen LogP contribution in [-0.2, 0) is 24.7 Å². The number of fused-ring (bicyclic) bond motifs is 2. The number of aliphatic hydroxyl groups excluding tert-OH is 1. The van der Waals surface area contributed by atoms with Gasteiger partial charge in [0, 0.05) is 30.8 Å². The monoisotopic (exact) mass is 462 g/mol. The lowest BCUT2D eigenvalue weighted by Crippen LogP contribution is -2.53. The van der Waals surface area contributed by atoms with Crippen LogP contribution in [-0.4, -0.2) is 53.4 Å². The Bertz CT molecular complexity index is 1230. The van der Waals surface area contributed by atoms with Gasteiger partial charge in [-0.1, -0.05) is 24.3 Å². The van der Waals surface area contributed by atoms with Crippen molar-refractivity contribution in [2.24, 2.45) is 0 Å². The number of halogens is 1. The van der Waals surface area contributed by atoms with Crippen LogP contribution in [0.5, 0.6) is 0 Å². The first-order chi connectivity index (χ1) is 16.4. The highest BCUT2D eigenvalue weighted by Crippen LogP contribution is 2.53. The number of ether oxygens (including phenoxy) is 1. The van der Waals surface area contributed by atoms with E-state index in [1.54, 1.807) is 30.3 Å². The Kier molecular flexibility index (Phi) is 5.32. The summed E-state index contributed by atoms with van der Waals surface area (Å²) < 4.78 is 19.3. The van der Waals surface area contributed by atoms with Gasteiger partial charge in [-0.2, -0.15) is 0 Å². The van der Waals surface area contributed by atoms with Gasteiger partial charge in [0.15, 0.2) is 5.54 Å². The maximum absolute atomic E-state index is 14.1. The molecule has 0 aliphatic carbocycles. The Morgan fingerprint density at radius 3 is 2.59 bits per heavy atom. The zero-order chi connectivity index (χ0) is 24.0. The van der Waals surface area contributed by atoms with E-state index in [9.17, 15) is 23.9 Å². The molecule has 1 N–H and O–H groups in total. The molecule has 0 aromatic heterocycles. The number of ketones is 1. The van der Waals surface area contributed by atoms with Crippen LogP contribution in [0.15, 0.2) is 66.8 Å². The maximum atomic E-state index is 14.1. The number of carbonyl (C=O) groups excluding carboxylic acids is 3. The Morgan fingerprint density at radius 2 is 1.91 bits per heavy atom. The molecule has 2 aromatic carbocycles. The molecule has 3 aliphatic rings. The average molecular weight is 462 g/mol. The molecule has 3 aliphatic heterocycles. The van der Waals surface area contributed by atoms with Crippen molar-refractivity contribution in [1.29, 1.82) is 0 Å². The number of benzene rings is 2. The average Bonchev–Trinajstić information content (AvgIpc) is 3.49. The summed E-state index contributed by atoms with van der Waals surface area (Å²) in [5.41, 5.74) is -1.12. The summed E-state index contributed by atoms with van der Waals surface area (Å²) in [6.07, 6.45) is 2.71.